The number of methoxy groups -OCH3 is 1. The monoisotopic (exact) mass is 273 g/mol. The van der Waals surface area contributed by atoms with Crippen LogP contribution in [0.1, 0.15) is 16.6 Å². The predicted octanol–water partition coefficient (Wildman–Crippen LogP) is 0.976. The molecule has 0 radical (unpaired) electrons. The van der Waals surface area contributed by atoms with Gasteiger partial charge in [-0.2, -0.15) is 0 Å². The van der Waals surface area contributed by atoms with Gasteiger partial charge in [-0.15, -0.1) is 11.3 Å². The van der Waals surface area contributed by atoms with Crippen molar-refractivity contribution in [1.82, 2.24) is 5.32 Å². The Balaban J connectivity index is 2.45. The first kappa shape index (κ1) is 14.5. The lowest BCUT2D eigenvalue weighted by atomic mass is 10.3. The van der Waals surface area contributed by atoms with Gasteiger partial charge in [0, 0.05) is 25.1 Å². The zero-order valence-electron chi connectivity index (χ0n) is 10.1. The number of aromatic carboxylic acids is 1. The number of carbonyl (C=O) groups excluding carboxylic acids is 1. The molecular formula is C11H15NO5S. The van der Waals surface area contributed by atoms with Crippen LogP contribution in [-0.4, -0.2) is 43.3 Å². The van der Waals surface area contributed by atoms with Crippen LogP contribution in [0.3, 0.4) is 0 Å². The van der Waals surface area contributed by atoms with Gasteiger partial charge in [0.25, 0.3) is 5.91 Å². The van der Waals surface area contributed by atoms with Gasteiger partial charge in [0.2, 0.25) is 0 Å². The maximum Gasteiger partial charge on any atom is 0.346 e. The lowest BCUT2D eigenvalue weighted by Crippen LogP contribution is -2.37. The van der Waals surface area contributed by atoms with Gasteiger partial charge in [-0.3, -0.25) is 4.79 Å². The molecule has 1 amide bonds. The number of carboxylic acids is 1. The van der Waals surface area contributed by atoms with Crippen LogP contribution in [0.4, 0.5) is 0 Å². The molecule has 7 heteroatoms. The molecule has 0 spiro atoms. The predicted molar refractivity (Wildman–Crippen MR) is 66.3 cm³/mol. The second kappa shape index (κ2) is 6.97. The van der Waals surface area contributed by atoms with Gasteiger partial charge < -0.3 is 19.9 Å². The minimum Gasteiger partial charge on any atom is -0.480 e. The number of amides is 1. The summed E-state index contributed by atoms with van der Waals surface area (Å²) in [7, 11) is 1.55. The van der Waals surface area contributed by atoms with Gasteiger partial charge in [-0.1, -0.05) is 0 Å². The van der Waals surface area contributed by atoms with Crippen molar-refractivity contribution in [2.24, 2.45) is 0 Å². The molecule has 1 rings (SSSR count). The fourth-order valence-electron chi connectivity index (χ4n) is 1.17. The molecule has 100 valence electrons. The molecular weight excluding hydrogens is 258 g/mol. The first-order valence-electron chi connectivity index (χ1n) is 5.29. The Labute approximate surface area is 109 Å². The number of hydrogen-bond donors (Lipinski definition) is 2. The van der Waals surface area contributed by atoms with Crippen molar-refractivity contribution >= 4 is 23.2 Å². The first-order chi connectivity index (χ1) is 8.54. The SMILES string of the molecule is COCCNC(=O)C(C)Oc1csc(C(=O)O)c1. The van der Waals surface area contributed by atoms with E-state index in [9.17, 15) is 9.59 Å². The maximum absolute atomic E-state index is 11.6. The molecule has 1 atom stereocenters. The molecule has 0 bridgehead atoms. The van der Waals surface area contributed by atoms with Crippen molar-refractivity contribution in [3.8, 4) is 5.75 Å². The molecule has 0 fully saturated rings. The summed E-state index contributed by atoms with van der Waals surface area (Å²) in [6, 6.07) is 1.39. The van der Waals surface area contributed by atoms with Crippen LogP contribution in [0.25, 0.3) is 0 Å². The van der Waals surface area contributed by atoms with Crippen LogP contribution < -0.4 is 10.1 Å². The Morgan fingerprint density at radius 3 is 2.83 bits per heavy atom. The van der Waals surface area contributed by atoms with Crippen molar-refractivity contribution in [3.63, 3.8) is 0 Å². The van der Waals surface area contributed by atoms with Crippen LogP contribution in [0.2, 0.25) is 0 Å². The number of nitrogens with one attached hydrogen (secondary N) is 1. The van der Waals surface area contributed by atoms with Crippen LogP contribution >= 0.6 is 11.3 Å². The van der Waals surface area contributed by atoms with E-state index in [1.807, 2.05) is 0 Å². The summed E-state index contributed by atoms with van der Waals surface area (Å²) in [5.41, 5.74) is 0. The fourth-order valence-corrected chi connectivity index (χ4v) is 1.82. The van der Waals surface area contributed by atoms with Crippen LogP contribution in [0, 0.1) is 0 Å². The summed E-state index contributed by atoms with van der Waals surface area (Å²) in [5, 5.41) is 12.9. The normalized spacial score (nSPS) is 11.9. The molecule has 1 aromatic rings. The van der Waals surface area contributed by atoms with Gasteiger partial charge in [0.05, 0.1) is 6.61 Å². The first-order valence-corrected chi connectivity index (χ1v) is 6.17. The zero-order valence-corrected chi connectivity index (χ0v) is 11.0. The van der Waals surface area contributed by atoms with Gasteiger partial charge in [0.15, 0.2) is 6.10 Å². The highest BCUT2D eigenvalue weighted by molar-refractivity contribution is 7.12. The second-order valence-corrected chi connectivity index (χ2v) is 4.41. The second-order valence-electron chi connectivity index (χ2n) is 3.50. The maximum atomic E-state index is 11.6. The van der Waals surface area contributed by atoms with E-state index in [0.29, 0.717) is 18.9 Å². The highest BCUT2D eigenvalue weighted by Gasteiger charge is 2.16. The average Bonchev–Trinajstić information content (AvgIpc) is 2.77. The molecule has 1 unspecified atom stereocenters. The molecule has 0 aromatic carbocycles. The highest BCUT2D eigenvalue weighted by Crippen LogP contribution is 2.22. The van der Waals surface area contributed by atoms with E-state index < -0.39 is 12.1 Å². The molecule has 0 aliphatic heterocycles. The third-order valence-electron chi connectivity index (χ3n) is 2.07. The van der Waals surface area contributed by atoms with E-state index in [-0.39, 0.29) is 10.8 Å². The minimum atomic E-state index is -1.01. The Kier molecular flexibility index (Phi) is 5.60. The average molecular weight is 273 g/mol. The molecule has 2 N–H and O–H groups in total. The fraction of sp³-hybridized carbons (Fsp3) is 0.455. The molecule has 0 saturated heterocycles. The molecule has 0 aliphatic rings. The smallest absolute Gasteiger partial charge is 0.346 e. The van der Waals surface area contributed by atoms with Crippen LogP contribution in [0.5, 0.6) is 5.75 Å². The van der Waals surface area contributed by atoms with Gasteiger partial charge >= 0.3 is 5.97 Å². The third kappa shape index (κ3) is 4.34. The summed E-state index contributed by atoms with van der Waals surface area (Å²) in [6.07, 6.45) is -0.682. The largest absolute Gasteiger partial charge is 0.480 e. The number of ether oxygens (including phenoxy) is 2. The van der Waals surface area contributed by atoms with Crippen molar-refractivity contribution in [1.29, 1.82) is 0 Å². The molecule has 18 heavy (non-hydrogen) atoms. The number of carbonyl (C=O) groups is 2. The van der Waals surface area contributed by atoms with Gasteiger partial charge in [-0.25, -0.2) is 4.79 Å². The summed E-state index contributed by atoms with van der Waals surface area (Å²) < 4.78 is 10.1. The quantitative estimate of drug-likeness (QED) is 0.723. The van der Waals surface area contributed by atoms with E-state index >= 15 is 0 Å². The Morgan fingerprint density at radius 2 is 2.28 bits per heavy atom. The Bertz CT molecular complexity index is 417. The van der Waals surface area contributed by atoms with E-state index in [1.54, 1.807) is 19.4 Å². The molecule has 0 aliphatic carbocycles. The van der Waals surface area contributed by atoms with Crippen molar-refractivity contribution < 1.29 is 24.2 Å². The van der Waals surface area contributed by atoms with Crippen molar-refractivity contribution in [2.75, 3.05) is 20.3 Å². The Hall–Kier alpha value is -1.60. The topological polar surface area (TPSA) is 84.9 Å². The van der Waals surface area contributed by atoms with Crippen molar-refractivity contribution in [3.05, 3.63) is 16.3 Å². The summed E-state index contributed by atoms with van der Waals surface area (Å²) >= 11 is 1.06. The lowest BCUT2D eigenvalue weighted by molar-refractivity contribution is -0.127. The van der Waals surface area contributed by atoms with E-state index in [0.717, 1.165) is 11.3 Å². The van der Waals surface area contributed by atoms with Crippen LogP contribution in [0.15, 0.2) is 11.4 Å². The van der Waals surface area contributed by atoms with E-state index in [2.05, 4.69) is 5.32 Å². The number of hydrogen-bond acceptors (Lipinski definition) is 5. The summed E-state index contributed by atoms with van der Waals surface area (Å²) in [6.45, 7) is 2.44. The molecule has 6 nitrogen and oxygen atoms in total. The zero-order chi connectivity index (χ0) is 13.5. The third-order valence-corrected chi connectivity index (χ3v) is 2.97. The molecule has 1 heterocycles. The van der Waals surface area contributed by atoms with Gasteiger partial charge in [0.1, 0.15) is 10.6 Å². The number of carboxylic acid groups (broad SMARTS) is 1. The number of rotatable bonds is 7. The molecule has 1 aromatic heterocycles. The standard InChI is InChI=1S/C11H15NO5S/c1-7(10(13)12-3-4-16-2)17-8-5-9(11(14)15)18-6-8/h5-7H,3-4H2,1-2H3,(H,12,13)(H,14,15). The van der Waals surface area contributed by atoms with E-state index in [1.165, 1.54) is 6.07 Å². The van der Waals surface area contributed by atoms with Crippen molar-refractivity contribution in [2.45, 2.75) is 13.0 Å². The summed E-state index contributed by atoms with van der Waals surface area (Å²) in [4.78, 5) is 22.4. The van der Waals surface area contributed by atoms with E-state index in [4.69, 9.17) is 14.6 Å². The lowest BCUT2D eigenvalue weighted by Gasteiger charge is -2.13. The Morgan fingerprint density at radius 1 is 1.56 bits per heavy atom. The summed E-state index contributed by atoms with van der Waals surface area (Å²) in [5.74, 6) is -0.894. The van der Waals surface area contributed by atoms with Crippen LogP contribution in [-0.2, 0) is 9.53 Å². The highest BCUT2D eigenvalue weighted by atomic mass is 32.1. The van der Waals surface area contributed by atoms with Gasteiger partial charge in [-0.05, 0) is 6.92 Å². The number of thiophene rings is 1. The minimum absolute atomic E-state index is 0.178. The molecule has 0 saturated carbocycles.